The molecule has 22 heavy (non-hydrogen) atoms. The maximum atomic E-state index is 11.7. The molecule has 0 saturated carbocycles. The minimum Gasteiger partial charge on any atom is -0.497 e. The van der Waals surface area contributed by atoms with E-state index in [1.54, 1.807) is 7.11 Å². The Morgan fingerprint density at radius 2 is 1.86 bits per heavy atom. The molecule has 0 radical (unpaired) electrons. The van der Waals surface area contributed by atoms with Crippen LogP contribution in [-0.2, 0) is 14.3 Å². The van der Waals surface area contributed by atoms with Crippen LogP contribution in [0.3, 0.4) is 0 Å². The monoisotopic (exact) mass is 307 g/mol. The van der Waals surface area contributed by atoms with Crippen LogP contribution in [0.25, 0.3) is 0 Å². The molecule has 0 amide bonds. The summed E-state index contributed by atoms with van der Waals surface area (Å²) in [7, 11) is 1.64. The Kier molecular flexibility index (Phi) is 7.05. The predicted octanol–water partition coefficient (Wildman–Crippen LogP) is 2.30. The van der Waals surface area contributed by atoms with Crippen LogP contribution in [0.15, 0.2) is 24.3 Å². The number of carbonyl (C=O) groups excluding carboxylic acids is 2. The van der Waals surface area contributed by atoms with E-state index in [2.05, 4.69) is 10.1 Å². The number of benzene rings is 1. The van der Waals surface area contributed by atoms with E-state index in [0.717, 1.165) is 24.3 Å². The van der Waals surface area contributed by atoms with E-state index in [0.29, 0.717) is 13.0 Å². The first kappa shape index (κ1) is 18.2. The van der Waals surface area contributed by atoms with Crippen LogP contribution in [0.5, 0.6) is 5.75 Å². The predicted molar refractivity (Wildman–Crippen MR) is 85.1 cm³/mol. The second-order valence-electron chi connectivity index (χ2n) is 6.08. The van der Waals surface area contributed by atoms with Gasteiger partial charge in [-0.25, -0.2) is 0 Å². The quantitative estimate of drug-likeness (QED) is 0.868. The topological polar surface area (TPSA) is 64.6 Å². The molecule has 5 nitrogen and oxygen atoms in total. The molecule has 1 unspecified atom stereocenters. The lowest BCUT2D eigenvalue weighted by molar-refractivity contribution is -0.138. The molecule has 122 valence electrons. The number of methoxy groups -OCH3 is 1. The average molecular weight is 307 g/mol. The third-order valence-corrected chi connectivity index (χ3v) is 3.22. The zero-order valence-electron chi connectivity index (χ0n) is 13.7. The number of ketones is 1. The van der Waals surface area contributed by atoms with Gasteiger partial charge in [0.2, 0.25) is 0 Å². The van der Waals surface area contributed by atoms with Gasteiger partial charge in [-0.3, -0.25) is 9.59 Å². The highest BCUT2D eigenvalue weighted by atomic mass is 16.5. The SMILES string of the molecule is CC(C)(C)OC=O.COc1ccc(C2CCNCC2=O)cc1. The first-order valence-corrected chi connectivity index (χ1v) is 7.36. The van der Waals surface area contributed by atoms with E-state index in [4.69, 9.17) is 4.74 Å². The zero-order chi connectivity index (χ0) is 16.6. The maximum absolute atomic E-state index is 11.7. The summed E-state index contributed by atoms with van der Waals surface area (Å²) in [6.45, 7) is 7.34. The van der Waals surface area contributed by atoms with Crippen molar-refractivity contribution in [1.82, 2.24) is 5.32 Å². The smallest absolute Gasteiger partial charge is 0.293 e. The first-order valence-electron chi connectivity index (χ1n) is 7.36. The molecule has 1 aliphatic heterocycles. The van der Waals surface area contributed by atoms with Gasteiger partial charge < -0.3 is 14.8 Å². The van der Waals surface area contributed by atoms with Gasteiger partial charge in [0.05, 0.1) is 13.7 Å². The molecule has 0 aliphatic carbocycles. The number of hydrogen-bond acceptors (Lipinski definition) is 5. The Bertz CT molecular complexity index is 476. The summed E-state index contributed by atoms with van der Waals surface area (Å²) in [5, 5.41) is 3.08. The molecule has 1 saturated heterocycles. The lowest BCUT2D eigenvalue weighted by atomic mass is 9.89. The van der Waals surface area contributed by atoms with E-state index >= 15 is 0 Å². The van der Waals surface area contributed by atoms with Crippen molar-refractivity contribution >= 4 is 12.3 Å². The van der Waals surface area contributed by atoms with Crippen LogP contribution in [-0.4, -0.2) is 38.1 Å². The van der Waals surface area contributed by atoms with Crippen LogP contribution in [0, 0.1) is 0 Å². The van der Waals surface area contributed by atoms with E-state index in [1.807, 2.05) is 45.0 Å². The van der Waals surface area contributed by atoms with Crippen molar-refractivity contribution in [2.75, 3.05) is 20.2 Å². The number of rotatable bonds is 3. The summed E-state index contributed by atoms with van der Waals surface area (Å²) in [6.07, 6.45) is 0.894. The van der Waals surface area contributed by atoms with Crippen molar-refractivity contribution in [3.63, 3.8) is 0 Å². The fraction of sp³-hybridized carbons (Fsp3) is 0.529. The highest BCUT2D eigenvalue weighted by Crippen LogP contribution is 2.24. The number of nitrogens with one attached hydrogen (secondary N) is 1. The van der Waals surface area contributed by atoms with Gasteiger partial charge in [0.25, 0.3) is 6.47 Å². The van der Waals surface area contributed by atoms with Crippen molar-refractivity contribution in [1.29, 1.82) is 0 Å². The largest absolute Gasteiger partial charge is 0.497 e. The molecular weight excluding hydrogens is 282 g/mol. The Balaban J connectivity index is 0.000000295. The normalized spacial score (nSPS) is 18.0. The highest BCUT2D eigenvalue weighted by molar-refractivity contribution is 5.88. The summed E-state index contributed by atoms with van der Waals surface area (Å²) in [5.41, 5.74) is 0.782. The molecule has 1 heterocycles. The third-order valence-electron chi connectivity index (χ3n) is 3.22. The molecule has 1 fully saturated rings. The highest BCUT2D eigenvalue weighted by Gasteiger charge is 2.23. The lowest BCUT2D eigenvalue weighted by Gasteiger charge is -2.21. The van der Waals surface area contributed by atoms with Crippen molar-refractivity contribution in [2.45, 2.75) is 38.7 Å². The summed E-state index contributed by atoms with van der Waals surface area (Å²) in [5.74, 6) is 1.18. The van der Waals surface area contributed by atoms with Gasteiger partial charge in [0.15, 0.2) is 5.78 Å². The van der Waals surface area contributed by atoms with Gasteiger partial charge in [-0.1, -0.05) is 12.1 Å². The van der Waals surface area contributed by atoms with Gasteiger partial charge in [-0.2, -0.15) is 0 Å². The molecule has 1 aliphatic rings. The molecule has 0 bridgehead atoms. The lowest BCUT2D eigenvalue weighted by Crippen LogP contribution is -2.35. The molecule has 1 aromatic rings. The summed E-state index contributed by atoms with van der Waals surface area (Å²) < 4.78 is 9.63. The maximum Gasteiger partial charge on any atom is 0.293 e. The van der Waals surface area contributed by atoms with Crippen LogP contribution in [0.1, 0.15) is 38.7 Å². The van der Waals surface area contributed by atoms with Gasteiger partial charge in [0, 0.05) is 5.92 Å². The fourth-order valence-electron chi connectivity index (χ4n) is 2.08. The molecule has 5 heteroatoms. The van der Waals surface area contributed by atoms with E-state index in [-0.39, 0.29) is 17.3 Å². The zero-order valence-corrected chi connectivity index (χ0v) is 13.7. The van der Waals surface area contributed by atoms with E-state index < -0.39 is 0 Å². The molecule has 0 aromatic heterocycles. The Labute approximate surface area is 132 Å². The van der Waals surface area contributed by atoms with Crippen molar-refractivity contribution in [3.05, 3.63) is 29.8 Å². The molecule has 2 rings (SSSR count). The minimum absolute atomic E-state index is 0.0668. The van der Waals surface area contributed by atoms with Crippen LogP contribution < -0.4 is 10.1 Å². The second kappa shape index (κ2) is 8.54. The Morgan fingerprint density at radius 3 is 2.27 bits per heavy atom. The number of piperidine rings is 1. The molecular formula is C17H25NO4. The molecule has 0 spiro atoms. The Hall–Kier alpha value is -1.88. The van der Waals surface area contributed by atoms with Crippen molar-refractivity contribution in [3.8, 4) is 5.75 Å². The number of hydrogen-bond donors (Lipinski definition) is 1. The van der Waals surface area contributed by atoms with Crippen molar-refractivity contribution in [2.24, 2.45) is 0 Å². The van der Waals surface area contributed by atoms with E-state index in [1.165, 1.54) is 0 Å². The average Bonchev–Trinajstić information content (AvgIpc) is 2.47. The standard InChI is InChI=1S/C12H15NO2.C5H10O2/c1-15-10-4-2-9(3-5-10)11-6-7-13-8-12(11)14;1-5(2,3)7-4-6/h2-5,11,13H,6-8H2,1H3;4H,1-3H3. The number of ether oxygens (including phenoxy) is 2. The minimum atomic E-state index is -0.318. The summed E-state index contributed by atoms with van der Waals surface area (Å²) >= 11 is 0. The summed E-state index contributed by atoms with van der Waals surface area (Å²) in [4.78, 5) is 21.3. The van der Waals surface area contributed by atoms with Gasteiger partial charge >= 0.3 is 0 Å². The van der Waals surface area contributed by atoms with E-state index in [9.17, 15) is 9.59 Å². The molecule has 1 atom stereocenters. The van der Waals surface area contributed by atoms with Crippen LogP contribution >= 0.6 is 0 Å². The third kappa shape index (κ3) is 6.26. The van der Waals surface area contributed by atoms with Crippen LogP contribution in [0.4, 0.5) is 0 Å². The first-order chi connectivity index (χ1) is 10.4. The van der Waals surface area contributed by atoms with Gasteiger partial charge in [0.1, 0.15) is 11.4 Å². The molecule has 1 N–H and O–H groups in total. The second-order valence-corrected chi connectivity index (χ2v) is 6.08. The fourth-order valence-corrected chi connectivity index (χ4v) is 2.08. The Morgan fingerprint density at radius 1 is 1.23 bits per heavy atom. The number of Topliss-reactive ketones (excluding diaryl/α,β-unsaturated/α-hetero) is 1. The number of carbonyl (C=O) groups is 2. The van der Waals surface area contributed by atoms with Gasteiger partial charge in [-0.05, 0) is 51.4 Å². The molecule has 1 aromatic carbocycles. The van der Waals surface area contributed by atoms with Gasteiger partial charge in [-0.15, -0.1) is 0 Å². The van der Waals surface area contributed by atoms with Crippen LogP contribution in [0.2, 0.25) is 0 Å². The van der Waals surface area contributed by atoms with Crippen molar-refractivity contribution < 1.29 is 19.1 Å². The summed E-state index contributed by atoms with van der Waals surface area (Å²) in [6, 6.07) is 7.77.